The van der Waals surface area contributed by atoms with E-state index in [2.05, 4.69) is 0 Å². The summed E-state index contributed by atoms with van der Waals surface area (Å²) in [6.45, 7) is 11.3. The van der Waals surface area contributed by atoms with Crippen LogP contribution < -0.4 is 0 Å². The smallest absolute Gasteiger partial charge is 0.309 e. The minimum Gasteiger partial charge on any atom is -0.453 e. The molecule has 2 rings (SSSR count). The molecule has 0 aromatic heterocycles. The van der Waals surface area contributed by atoms with Crippen LogP contribution in [-0.4, -0.2) is 17.9 Å². The Morgan fingerprint density at radius 1 is 1.10 bits per heavy atom. The maximum absolute atomic E-state index is 12.9. The molecule has 1 aliphatic carbocycles. The molecule has 0 bridgehead atoms. The second-order valence-corrected chi connectivity index (χ2v) is 7.23. The molecule has 1 atom stereocenters. The van der Waals surface area contributed by atoms with Crippen LogP contribution in [0.1, 0.15) is 52.7 Å². The molecule has 0 saturated heterocycles. The van der Waals surface area contributed by atoms with Crippen molar-refractivity contribution in [3.05, 3.63) is 35.4 Å². The second-order valence-electron chi connectivity index (χ2n) is 7.23. The van der Waals surface area contributed by atoms with Gasteiger partial charge in [0.1, 0.15) is 0 Å². The SMILES string of the molecule is CC(C)C(=O)OC1C(=O)C(C)(C)c2ccccc2C1(C)C. The fraction of sp³-hybridized carbons (Fsp3) is 0.556. The summed E-state index contributed by atoms with van der Waals surface area (Å²) in [5.41, 5.74) is 0.940. The van der Waals surface area contributed by atoms with Crippen LogP contribution in [0.15, 0.2) is 24.3 Å². The van der Waals surface area contributed by atoms with E-state index in [0.717, 1.165) is 11.1 Å². The van der Waals surface area contributed by atoms with E-state index < -0.39 is 16.9 Å². The Morgan fingerprint density at radius 3 is 2.14 bits per heavy atom. The summed E-state index contributed by atoms with van der Waals surface area (Å²) < 4.78 is 5.58. The molecule has 1 aromatic carbocycles. The number of rotatable bonds is 2. The lowest BCUT2D eigenvalue weighted by molar-refractivity contribution is -0.164. The predicted octanol–water partition coefficient (Wildman–Crippen LogP) is 3.39. The van der Waals surface area contributed by atoms with Crippen LogP contribution in [0.3, 0.4) is 0 Å². The van der Waals surface area contributed by atoms with E-state index in [-0.39, 0.29) is 17.7 Å². The minimum absolute atomic E-state index is 0.0276. The number of ketones is 1. The van der Waals surface area contributed by atoms with Gasteiger partial charge in [-0.05, 0) is 25.0 Å². The summed E-state index contributed by atoms with van der Waals surface area (Å²) in [6, 6.07) is 7.94. The molecule has 1 aliphatic rings. The summed E-state index contributed by atoms with van der Waals surface area (Å²) in [6.07, 6.45) is -0.739. The lowest BCUT2D eigenvalue weighted by Gasteiger charge is -2.45. The van der Waals surface area contributed by atoms with Gasteiger partial charge < -0.3 is 4.74 Å². The van der Waals surface area contributed by atoms with Gasteiger partial charge in [-0.15, -0.1) is 0 Å². The Labute approximate surface area is 126 Å². The highest BCUT2D eigenvalue weighted by atomic mass is 16.5. The third kappa shape index (κ3) is 2.39. The molecule has 1 aromatic rings. The molecular weight excluding hydrogens is 264 g/mol. The van der Waals surface area contributed by atoms with Crippen molar-refractivity contribution in [2.45, 2.75) is 58.5 Å². The van der Waals surface area contributed by atoms with E-state index >= 15 is 0 Å². The third-order valence-electron chi connectivity index (χ3n) is 4.51. The number of carbonyl (C=O) groups is 2. The number of benzene rings is 1. The van der Waals surface area contributed by atoms with Crippen LogP contribution in [0.2, 0.25) is 0 Å². The van der Waals surface area contributed by atoms with Crippen molar-refractivity contribution in [2.24, 2.45) is 5.92 Å². The van der Waals surface area contributed by atoms with Gasteiger partial charge in [0.2, 0.25) is 0 Å². The van der Waals surface area contributed by atoms with Crippen molar-refractivity contribution in [1.82, 2.24) is 0 Å². The summed E-state index contributed by atoms with van der Waals surface area (Å²) in [4.78, 5) is 24.9. The van der Waals surface area contributed by atoms with E-state index in [1.165, 1.54) is 0 Å². The third-order valence-corrected chi connectivity index (χ3v) is 4.51. The summed E-state index contributed by atoms with van der Waals surface area (Å²) >= 11 is 0. The highest BCUT2D eigenvalue weighted by Gasteiger charge is 2.52. The molecule has 0 radical (unpaired) electrons. The Morgan fingerprint density at radius 2 is 1.62 bits per heavy atom. The maximum Gasteiger partial charge on any atom is 0.309 e. The van der Waals surface area contributed by atoms with E-state index in [1.807, 2.05) is 52.0 Å². The molecule has 0 heterocycles. The molecule has 114 valence electrons. The number of Topliss-reactive ketones (excluding diaryl/α,β-unsaturated/α-hetero) is 1. The first-order valence-corrected chi connectivity index (χ1v) is 7.45. The van der Waals surface area contributed by atoms with E-state index in [0.29, 0.717) is 0 Å². The zero-order chi connectivity index (χ0) is 16.0. The van der Waals surface area contributed by atoms with Gasteiger partial charge in [-0.25, -0.2) is 0 Å². The van der Waals surface area contributed by atoms with Crippen LogP contribution in [0.25, 0.3) is 0 Å². The normalized spacial score (nSPS) is 22.8. The zero-order valence-electron chi connectivity index (χ0n) is 13.7. The van der Waals surface area contributed by atoms with Crippen molar-refractivity contribution >= 4 is 11.8 Å². The molecule has 0 saturated carbocycles. The highest BCUT2D eigenvalue weighted by Crippen LogP contribution is 2.45. The number of hydrogen-bond acceptors (Lipinski definition) is 3. The maximum atomic E-state index is 12.9. The van der Waals surface area contributed by atoms with Crippen LogP contribution in [-0.2, 0) is 25.2 Å². The largest absolute Gasteiger partial charge is 0.453 e. The first-order chi connectivity index (χ1) is 9.60. The Hall–Kier alpha value is -1.64. The van der Waals surface area contributed by atoms with Gasteiger partial charge in [0, 0.05) is 5.41 Å². The van der Waals surface area contributed by atoms with Crippen molar-refractivity contribution in [2.75, 3.05) is 0 Å². The topological polar surface area (TPSA) is 43.4 Å². The molecule has 0 fully saturated rings. The standard InChI is InChI=1S/C18H24O3/c1-11(2)16(20)21-15-14(19)17(3,4)12-9-7-8-10-13(12)18(15,5)6/h7-11,15H,1-6H3. The number of esters is 1. The molecular formula is C18H24O3. The van der Waals surface area contributed by atoms with Gasteiger partial charge in [-0.3, -0.25) is 9.59 Å². The average Bonchev–Trinajstić information content (AvgIpc) is 2.42. The van der Waals surface area contributed by atoms with Crippen molar-refractivity contribution in [3.63, 3.8) is 0 Å². The molecule has 3 nitrogen and oxygen atoms in total. The monoisotopic (exact) mass is 288 g/mol. The van der Waals surface area contributed by atoms with Gasteiger partial charge >= 0.3 is 5.97 Å². The molecule has 1 unspecified atom stereocenters. The van der Waals surface area contributed by atoms with Gasteiger partial charge in [-0.1, -0.05) is 52.0 Å². The van der Waals surface area contributed by atoms with Crippen molar-refractivity contribution < 1.29 is 14.3 Å². The molecule has 21 heavy (non-hydrogen) atoms. The molecule has 3 heteroatoms. The van der Waals surface area contributed by atoms with E-state index in [9.17, 15) is 9.59 Å². The Kier molecular flexibility index (Phi) is 3.73. The second kappa shape index (κ2) is 4.97. The Bertz CT molecular complexity index is 582. The lowest BCUT2D eigenvalue weighted by atomic mass is 9.61. The summed E-state index contributed by atoms with van der Waals surface area (Å²) in [7, 11) is 0. The van der Waals surface area contributed by atoms with Gasteiger partial charge in [0.15, 0.2) is 11.9 Å². The van der Waals surface area contributed by atoms with Crippen molar-refractivity contribution in [1.29, 1.82) is 0 Å². The lowest BCUT2D eigenvalue weighted by Crippen LogP contribution is -2.55. The minimum atomic E-state index is -0.739. The predicted molar refractivity (Wildman–Crippen MR) is 82.2 cm³/mol. The van der Waals surface area contributed by atoms with Crippen molar-refractivity contribution in [3.8, 4) is 0 Å². The van der Waals surface area contributed by atoms with Gasteiger partial charge in [-0.2, -0.15) is 0 Å². The Balaban J connectivity index is 2.54. The van der Waals surface area contributed by atoms with Gasteiger partial charge in [0.25, 0.3) is 0 Å². The van der Waals surface area contributed by atoms with E-state index in [1.54, 1.807) is 13.8 Å². The molecule has 0 spiro atoms. The first-order valence-electron chi connectivity index (χ1n) is 7.45. The fourth-order valence-electron chi connectivity index (χ4n) is 2.97. The number of carbonyl (C=O) groups excluding carboxylic acids is 2. The van der Waals surface area contributed by atoms with Crippen LogP contribution in [0.4, 0.5) is 0 Å². The zero-order valence-corrected chi connectivity index (χ0v) is 13.7. The van der Waals surface area contributed by atoms with Crippen LogP contribution in [0.5, 0.6) is 0 Å². The fourth-order valence-corrected chi connectivity index (χ4v) is 2.97. The summed E-state index contributed by atoms with van der Waals surface area (Å²) in [5.74, 6) is -0.592. The number of ether oxygens (including phenoxy) is 1. The highest BCUT2D eigenvalue weighted by molar-refractivity contribution is 5.98. The number of fused-ring (bicyclic) bond motifs is 1. The van der Waals surface area contributed by atoms with E-state index in [4.69, 9.17) is 4.74 Å². The summed E-state index contributed by atoms with van der Waals surface area (Å²) in [5, 5.41) is 0. The molecule has 0 N–H and O–H groups in total. The average molecular weight is 288 g/mol. The molecule has 0 amide bonds. The van der Waals surface area contributed by atoms with Crippen LogP contribution in [0, 0.1) is 5.92 Å². The van der Waals surface area contributed by atoms with Crippen LogP contribution >= 0.6 is 0 Å². The quantitative estimate of drug-likeness (QED) is 0.783. The first kappa shape index (κ1) is 15.7. The number of hydrogen-bond donors (Lipinski definition) is 0. The van der Waals surface area contributed by atoms with Gasteiger partial charge in [0.05, 0.1) is 11.3 Å². The molecule has 0 aliphatic heterocycles.